The van der Waals surface area contributed by atoms with E-state index in [4.69, 9.17) is 5.11 Å². The van der Waals surface area contributed by atoms with E-state index in [-0.39, 0.29) is 24.9 Å². The van der Waals surface area contributed by atoms with Crippen LogP contribution in [-0.4, -0.2) is 55.7 Å². The fourth-order valence-corrected chi connectivity index (χ4v) is 4.69. The molecule has 0 aromatic carbocycles. The SMILES string of the molecule is C[C@H]1CCCc2sc3ncn4nc(C(=O)N(C)CCO)nc4c3c21. The zero-order chi connectivity index (χ0) is 16.8. The van der Waals surface area contributed by atoms with Gasteiger partial charge in [0, 0.05) is 18.5 Å². The van der Waals surface area contributed by atoms with Gasteiger partial charge in [-0.1, -0.05) is 6.92 Å². The molecule has 0 aliphatic heterocycles. The lowest BCUT2D eigenvalue weighted by Crippen LogP contribution is -2.30. The molecule has 4 rings (SSSR count). The van der Waals surface area contributed by atoms with Gasteiger partial charge in [0.05, 0.1) is 12.0 Å². The Hall–Kier alpha value is -2.06. The molecule has 3 aromatic heterocycles. The predicted molar refractivity (Wildman–Crippen MR) is 91.6 cm³/mol. The van der Waals surface area contributed by atoms with Crippen molar-refractivity contribution >= 4 is 33.1 Å². The van der Waals surface area contributed by atoms with Gasteiger partial charge < -0.3 is 10.0 Å². The summed E-state index contributed by atoms with van der Waals surface area (Å²) in [6.45, 7) is 2.41. The summed E-state index contributed by atoms with van der Waals surface area (Å²) in [7, 11) is 1.63. The van der Waals surface area contributed by atoms with Crippen molar-refractivity contribution in [2.24, 2.45) is 0 Å². The van der Waals surface area contributed by atoms with E-state index < -0.39 is 0 Å². The Morgan fingerprint density at radius 3 is 3.17 bits per heavy atom. The molecule has 24 heavy (non-hydrogen) atoms. The number of aromatic nitrogens is 4. The zero-order valence-corrected chi connectivity index (χ0v) is 14.5. The van der Waals surface area contributed by atoms with Crippen molar-refractivity contribution < 1.29 is 9.90 Å². The molecule has 1 atom stereocenters. The van der Waals surface area contributed by atoms with Crippen LogP contribution in [0.25, 0.3) is 15.9 Å². The van der Waals surface area contributed by atoms with Gasteiger partial charge in [-0.25, -0.2) is 14.5 Å². The molecule has 3 aromatic rings. The normalized spacial score (nSPS) is 17.4. The number of hydrogen-bond donors (Lipinski definition) is 1. The molecule has 8 heteroatoms. The third kappa shape index (κ3) is 2.29. The summed E-state index contributed by atoms with van der Waals surface area (Å²) < 4.78 is 1.59. The number of carbonyl (C=O) groups excluding carboxylic acids is 1. The number of aliphatic hydroxyl groups excluding tert-OH is 1. The molecule has 1 amide bonds. The van der Waals surface area contributed by atoms with Gasteiger partial charge in [-0.3, -0.25) is 4.79 Å². The lowest BCUT2D eigenvalue weighted by atomic mass is 9.87. The molecule has 0 fully saturated rings. The average molecular weight is 345 g/mol. The molecule has 0 spiro atoms. The van der Waals surface area contributed by atoms with Gasteiger partial charge in [-0.05, 0) is 30.7 Å². The van der Waals surface area contributed by atoms with Crippen molar-refractivity contribution in [1.82, 2.24) is 24.5 Å². The summed E-state index contributed by atoms with van der Waals surface area (Å²) in [5.41, 5.74) is 2.03. The number of hydrogen-bond acceptors (Lipinski definition) is 6. The van der Waals surface area contributed by atoms with Gasteiger partial charge in [0.25, 0.3) is 5.91 Å². The monoisotopic (exact) mass is 345 g/mol. The highest BCUT2D eigenvalue weighted by Crippen LogP contribution is 2.42. The Bertz CT molecular complexity index is 931. The molecular formula is C16H19N5O2S. The smallest absolute Gasteiger partial charge is 0.293 e. The van der Waals surface area contributed by atoms with E-state index in [2.05, 4.69) is 22.0 Å². The Morgan fingerprint density at radius 2 is 2.38 bits per heavy atom. The van der Waals surface area contributed by atoms with Crippen LogP contribution in [0.15, 0.2) is 6.33 Å². The zero-order valence-electron chi connectivity index (χ0n) is 13.7. The summed E-state index contributed by atoms with van der Waals surface area (Å²) in [4.78, 5) is 25.2. The van der Waals surface area contributed by atoms with Crippen LogP contribution in [0, 0.1) is 0 Å². The summed E-state index contributed by atoms with van der Waals surface area (Å²) in [6.07, 6.45) is 5.09. The van der Waals surface area contributed by atoms with Crippen LogP contribution in [0.1, 0.15) is 46.7 Å². The highest BCUT2D eigenvalue weighted by Gasteiger charge is 2.26. The van der Waals surface area contributed by atoms with Gasteiger partial charge in [0.1, 0.15) is 11.2 Å². The van der Waals surface area contributed by atoms with Crippen LogP contribution in [0.5, 0.6) is 0 Å². The maximum Gasteiger partial charge on any atom is 0.293 e. The maximum absolute atomic E-state index is 12.4. The first-order valence-electron chi connectivity index (χ1n) is 8.13. The molecule has 0 radical (unpaired) electrons. The van der Waals surface area contributed by atoms with Gasteiger partial charge in [-0.15, -0.1) is 16.4 Å². The van der Waals surface area contributed by atoms with Gasteiger partial charge in [0.15, 0.2) is 5.65 Å². The summed E-state index contributed by atoms with van der Waals surface area (Å²) >= 11 is 1.73. The third-order valence-electron chi connectivity index (χ3n) is 4.65. The third-order valence-corrected chi connectivity index (χ3v) is 5.82. The number of likely N-dealkylation sites (N-methyl/N-ethyl adjacent to an activating group) is 1. The number of nitrogens with zero attached hydrogens (tertiary/aromatic N) is 5. The second kappa shape index (κ2) is 5.78. The number of rotatable bonds is 3. The second-order valence-electron chi connectivity index (χ2n) is 6.31. The standard InChI is InChI=1S/C16H19N5O2S/c1-9-4-3-5-10-11(9)12-14-18-13(16(23)20(2)6-7-22)19-21(14)8-17-15(12)24-10/h8-9,22H,3-7H2,1-2H3/t9-/m0/s1. The number of thiophene rings is 1. The van der Waals surface area contributed by atoms with Crippen molar-refractivity contribution in [3.8, 4) is 0 Å². The molecule has 1 aliphatic rings. The van der Waals surface area contributed by atoms with Crippen LogP contribution in [0.3, 0.4) is 0 Å². The molecule has 1 N–H and O–H groups in total. The fraction of sp³-hybridized carbons (Fsp3) is 0.500. The molecule has 0 bridgehead atoms. The predicted octanol–water partition coefficient (Wildman–Crippen LogP) is 1.84. The minimum Gasteiger partial charge on any atom is -0.395 e. The highest BCUT2D eigenvalue weighted by atomic mass is 32.1. The number of aliphatic hydroxyl groups is 1. The van der Waals surface area contributed by atoms with Crippen LogP contribution in [0.4, 0.5) is 0 Å². The molecule has 3 heterocycles. The Balaban J connectivity index is 1.89. The van der Waals surface area contributed by atoms with Gasteiger partial charge in [-0.2, -0.15) is 0 Å². The minimum atomic E-state index is -0.293. The Morgan fingerprint density at radius 1 is 1.54 bits per heavy atom. The lowest BCUT2D eigenvalue weighted by molar-refractivity contribution is 0.0755. The Kier molecular flexibility index (Phi) is 3.73. The molecule has 0 saturated heterocycles. The molecule has 1 aliphatic carbocycles. The first-order valence-corrected chi connectivity index (χ1v) is 8.94. The second-order valence-corrected chi connectivity index (χ2v) is 7.39. The average Bonchev–Trinajstić information content (AvgIpc) is 3.15. The lowest BCUT2D eigenvalue weighted by Gasteiger charge is -2.18. The van der Waals surface area contributed by atoms with Crippen molar-refractivity contribution in [2.75, 3.05) is 20.2 Å². The maximum atomic E-state index is 12.4. The molecule has 0 unspecified atom stereocenters. The topological polar surface area (TPSA) is 83.6 Å². The summed E-state index contributed by atoms with van der Waals surface area (Å²) in [5, 5.41) is 14.3. The van der Waals surface area contributed by atoms with Crippen LogP contribution in [-0.2, 0) is 6.42 Å². The van der Waals surface area contributed by atoms with E-state index in [1.54, 1.807) is 29.2 Å². The van der Waals surface area contributed by atoms with Crippen molar-refractivity contribution in [3.05, 3.63) is 22.6 Å². The Labute approximate surface area is 142 Å². The van der Waals surface area contributed by atoms with Crippen LogP contribution < -0.4 is 0 Å². The largest absolute Gasteiger partial charge is 0.395 e. The van der Waals surface area contributed by atoms with E-state index in [1.807, 2.05) is 0 Å². The van der Waals surface area contributed by atoms with Crippen LogP contribution in [0.2, 0.25) is 0 Å². The summed E-state index contributed by atoms with van der Waals surface area (Å²) in [6, 6.07) is 0. The van der Waals surface area contributed by atoms with E-state index in [0.717, 1.165) is 16.6 Å². The minimum absolute atomic E-state index is 0.0863. The van der Waals surface area contributed by atoms with Gasteiger partial charge in [0.2, 0.25) is 5.82 Å². The van der Waals surface area contributed by atoms with Crippen molar-refractivity contribution in [3.63, 3.8) is 0 Å². The van der Waals surface area contributed by atoms with E-state index in [9.17, 15) is 4.79 Å². The molecule has 126 valence electrons. The molecular weight excluding hydrogens is 326 g/mol. The van der Waals surface area contributed by atoms with E-state index in [1.165, 1.54) is 28.2 Å². The molecule has 0 saturated carbocycles. The quantitative estimate of drug-likeness (QED) is 0.783. The van der Waals surface area contributed by atoms with Crippen molar-refractivity contribution in [1.29, 1.82) is 0 Å². The van der Waals surface area contributed by atoms with Gasteiger partial charge >= 0.3 is 0 Å². The summed E-state index contributed by atoms with van der Waals surface area (Å²) in [5.74, 6) is 0.324. The van der Waals surface area contributed by atoms with Crippen LogP contribution >= 0.6 is 11.3 Å². The number of aryl methyl sites for hydroxylation is 1. The molecule has 7 nitrogen and oxygen atoms in total. The van der Waals surface area contributed by atoms with E-state index in [0.29, 0.717) is 11.6 Å². The highest BCUT2D eigenvalue weighted by molar-refractivity contribution is 7.19. The van der Waals surface area contributed by atoms with Crippen molar-refractivity contribution in [2.45, 2.75) is 32.1 Å². The first kappa shape index (κ1) is 15.5. The van der Waals surface area contributed by atoms with E-state index >= 15 is 0 Å². The number of carbonyl (C=O) groups is 1. The first-order chi connectivity index (χ1) is 11.6. The fourth-order valence-electron chi connectivity index (χ4n) is 3.40. The number of amides is 1. The number of fused-ring (bicyclic) bond motifs is 5.